The summed E-state index contributed by atoms with van der Waals surface area (Å²) < 4.78 is 6.90. The number of hydrogen-bond donors (Lipinski definition) is 1. The molecule has 1 fully saturated rings. The zero-order valence-electron chi connectivity index (χ0n) is 17.9. The summed E-state index contributed by atoms with van der Waals surface area (Å²) in [4.78, 5) is 30.3. The summed E-state index contributed by atoms with van der Waals surface area (Å²) in [5.41, 5.74) is 8.63. The number of benzene rings is 2. The number of carbonyl (C=O) groups excluding carboxylic acids is 1. The van der Waals surface area contributed by atoms with Crippen LogP contribution in [0.3, 0.4) is 0 Å². The fourth-order valence-electron chi connectivity index (χ4n) is 3.67. The van der Waals surface area contributed by atoms with Gasteiger partial charge in [0.2, 0.25) is 5.91 Å². The zero-order chi connectivity index (χ0) is 22.3. The summed E-state index contributed by atoms with van der Waals surface area (Å²) in [5, 5.41) is 0.532. The number of amides is 1. The van der Waals surface area contributed by atoms with E-state index in [0.717, 1.165) is 44.0 Å². The maximum atomic E-state index is 12.6. The third kappa shape index (κ3) is 5.61. The van der Waals surface area contributed by atoms with E-state index in [1.54, 1.807) is 6.07 Å². The van der Waals surface area contributed by atoms with E-state index in [0.29, 0.717) is 23.9 Å². The summed E-state index contributed by atoms with van der Waals surface area (Å²) >= 11 is 0. The summed E-state index contributed by atoms with van der Waals surface area (Å²) in [7, 11) is 0. The van der Waals surface area contributed by atoms with Crippen molar-refractivity contribution in [3.63, 3.8) is 0 Å². The molecule has 0 unspecified atom stereocenters. The van der Waals surface area contributed by atoms with E-state index >= 15 is 0 Å². The number of fused-ring (bicyclic) bond motifs is 1. The molecule has 2 aromatic carbocycles. The van der Waals surface area contributed by atoms with Crippen molar-refractivity contribution in [3.05, 3.63) is 75.8 Å². The first-order valence-electron chi connectivity index (χ1n) is 10.8. The van der Waals surface area contributed by atoms with Crippen LogP contribution >= 0.6 is 0 Å². The van der Waals surface area contributed by atoms with Gasteiger partial charge in [-0.2, -0.15) is 0 Å². The average molecular weight is 431 g/mol. The molecule has 1 amide bonds. The minimum atomic E-state index is -0.373. The first kappa shape index (κ1) is 21.8. The molecule has 0 atom stereocenters. The second-order valence-corrected chi connectivity index (χ2v) is 7.88. The van der Waals surface area contributed by atoms with Gasteiger partial charge in [-0.05, 0) is 42.3 Å². The highest BCUT2D eigenvalue weighted by molar-refractivity contribution is 5.79. The van der Waals surface area contributed by atoms with Crippen LogP contribution in [0.1, 0.15) is 29.5 Å². The molecule has 4 rings (SSSR count). The van der Waals surface area contributed by atoms with Crippen LogP contribution in [-0.2, 0) is 22.6 Å². The second-order valence-electron chi connectivity index (χ2n) is 7.88. The van der Waals surface area contributed by atoms with Crippen molar-refractivity contribution in [1.82, 2.24) is 14.5 Å². The van der Waals surface area contributed by atoms with Crippen LogP contribution in [0, 0.1) is 11.8 Å². The molecule has 0 radical (unpaired) electrons. The topological polar surface area (TPSA) is 90.5 Å². The second kappa shape index (κ2) is 10.2. The lowest BCUT2D eigenvalue weighted by atomic mass is 10.1. The van der Waals surface area contributed by atoms with Gasteiger partial charge in [-0.15, -0.1) is 0 Å². The van der Waals surface area contributed by atoms with E-state index in [-0.39, 0.29) is 17.9 Å². The molecule has 164 valence electrons. The monoisotopic (exact) mass is 430 g/mol. The Morgan fingerprint density at radius 3 is 2.53 bits per heavy atom. The van der Waals surface area contributed by atoms with Gasteiger partial charge >= 0.3 is 0 Å². The van der Waals surface area contributed by atoms with Crippen LogP contribution in [0.4, 0.5) is 0 Å². The highest BCUT2D eigenvalue weighted by Crippen LogP contribution is 2.11. The van der Waals surface area contributed by atoms with Crippen molar-refractivity contribution < 1.29 is 9.53 Å². The van der Waals surface area contributed by atoms with Gasteiger partial charge in [-0.25, -0.2) is 4.98 Å². The molecule has 1 saturated heterocycles. The summed E-state index contributed by atoms with van der Waals surface area (Å²) in [5.74, 6) is 5.97. The molecule has 7 heteroatoms. The number of carbonyl (C=O) groups is 1. The van der Waals surface area contributed by atoms with Gasteiger partial charge in [0.05, 0.1) is 30.4 Å². The Hall–Kier alpha value is -3.47. The maximum absolute atomic E-state index is 12.6. The predicted molar refractivity (Wildman–Crippen MR) is 123 cm³/mol. The molecule has 0 bridgehead atoms. The quantitative estimate of drug-likeness (QED) is 0.603. The van der Waals surface area contributed by atoms with Crippen LogP contribution < -0.4 is 11.3 Å². The molecule has 1 aromatic heterocycles. The van der Waals surface area contributed by atoms with Crippen molar-refractivity contribution >= 4 is 16.8 Å². The van der Waals surface area contributed by atoms with Gasteiger partial charge in [0.1, 0.15) is 0 Å². The molecule has 32 heavy (non-hydrogen) atoms. The number of aryl methyl sites for hydroxylation is 1. The number of hydrogen-bond acceptors (Lipinski definition) is 5. The highest BCUT2D eigenvalue weighted by Gasteiger charge is 2.10. The van der Waals surface area contributed by atoms with Crippen molar-refractivity contribution in [1.29, 1.82) is 0 Å². The van der Waals surface area contributed by atoms with Gasteiger partial charge < -0.3 is 10.5 Å². The van der Waals surface area contributed by atoms with E-state index in [4.69, 9.17) is 10.5 Å². The van der Waals surface area contributed by atoms with Crippen molar-refractivity contribution in [2.24, 2.45) is 5.73 Å². The Morgan fingerprint density at radius 1 is 1.06 bits per heavy atom. The number of aromatic nitrogens is 2. The molecule has 2 N–H and O–H groups in total. The lowest BCUT2D eigenvalue weighted by molar-refractivity contribution is -0.118. The van der Waals surface area contributed by atoms with Crippen LogP contribution in [-0.4, -0.2) is 46.7 Å². The van der Waals surface area contributed by atoms with Crippen LogP contribution in [0.2, 0.25) is 0 Å². The third-order valence-corrected chi connectivity index (χ3v) is 5.46. The minimum absolute atomic E-state index is 0.130. The Labute approximate surface area is 186 Å². The molecule has 2 heterocycles. The fraction of sp³-hybridized carbons (Fsp3) is 0.320. The normalized spacial score (nSPS) is 14.1. The summed E-state index contributed by atoms with van der Waals surface area (Å²) in [6, 6.07) is 13.7. The summed E-state index contributed by atoms with van der Waals surface area (Å²) in [6.45, 7) is 4.87. The van der Waals surface area contributed by atoms with Crippen molar-refractivity contribution in [3.8, 4) is 11.8 Å². The number of rotatable bonds is 6. The Morgan fingerprint density at radius 2 is 1.78 bits per heavy atom. The van der Waals surface area contributed by atoms with Crippen LogP contribution in [0.5, 0.6) is 0 Å². The van der Waals surface area contributed by atoms with E-state index in [1.807, 2.05) is 24.3 Å². The molecular weight excluding hydrogens is 404 g/mol. The van der Waals surface area contributed by atoms with Crippen LogP contribution in [0.15, 0.2) is 53.6 Å². The number of morpholine rings is 1. The number of nitrogens with two attached hydrogens (primary N) is 1. The van der Waals surface area contributed by atoms with Gasteiger partial charge in [0.15, 0.2) is 0 Å². The van der Waals surface area contributed by atoms with Crippen molar-refractivity contribution in [2.45, 2.75) is 25.9 Å². The molecule has 1 aliphatic heterocycles. The molecule has 0 saturated carbocycles. The lowest BCUT2D eigenvalue weighted by Gasteiger charge is -2.26. The van der Waals surface area contributed by atoms with E-state index < -0.39 is 0 Å². The largest absolute Gasteiger partial charge is 0.379 e. The molecule has 1 aliphatic rings. The Kier molecular flexibility index (Phi) is 6.95. The Bertz CT molecular complexity index is 1220. The first-order chi connectivity index (χ1) is 15.6. The summed E-state index contributed by atoms with van der Waals surface area (Å²) in [6.07, 6.45) is 2.26. The van der Waals surface area contributed by atoms with Gasteiger partial charge in [-0.3, -0.25) is 19.1 Å². The van der Waals surface area contributed by atoms with Crippen LogP contribution in [0.25, 0.3) is 10.9 Å². The van der Waals surface area contributed by atoms with E-state index in [2.05, 4.69) is 33.9 Å². The Balaban J connectivity index is 1.44. The maximum Gasteiger partial charge on any atom is 0.261 e. The SMILES string of the molecule is NC(=O)CCCn1cnc2cc(C#Cc3ccc(CN4CCOCC4)cc3)ccc2c1=O. The van der Waals surface area contributed by atoms with E-state index in [9.17, 15) is 9.59 Å². The van der Waals surface area contributed by atoms with Gasteiger partial charge in [0.25, 0.3) is 5.56 Å². The number of nitrogens with zero attached hydrogens (tertiary/aromatic N) is 3. The lowest BCUT2D eigenvalue weighted by Crippen LogP contribution is -2.35. The van der Waals surface area contributed by atoms with Crippen molar-refractivity contribution in [2.75, 3.05) is 26.3 Å². The predicted octanol–water partition coefficient (Wildman–Crippen LogP) is 1.89. The molecule has 0 aliphatic carbocycles. The standard InChI is InChI=1S/C25H26N4O3/c26-24(30)2-1-11-29-18-27-23-16-20(9-10-22(23)25(29)31)6-3-19-4-7-21(8-5-19)17-28-12-14-32-15-13-28/h4-5,7-10,16,18H,1-2,11-15,17H2,(H2,26,30). The van der Waals surface area contributed by atoms with E-state index in [1.165, 1.54) is 16.5 Å². The molecule has 7 nitrogen and oxygen atoms in total. The number of primary amides is 1. The minimum Gasteiger partial charge on any atom is -0.379 e. The molecule has 3 aromatic rings. The average Bonchev–Trinajstić information content (AvgIpc) is 2.80. The zero-order valence-corrected chi connectivity index (χ0v) is 17.9. The fourth-order valence-corrected chi connectivity index (χ4v) is 3.67. The first-order valence-corrected chi connectivity index (χ1v) is 10.8. The van der Waals surface area contributed by atoms with Gasteiger partial charge in [0, 0.05) is 43.7 Å². The van der Waals surface area contributed by atoms with Gasteiger partial charge in [-0.1, -0.05) is 24.0 Å². The highest BCUT2D eigenvalue weighted by atomic mass is 16.5. The third-order valence-electron chi connectivity index (χ3n) is 5.46. The molecule has 0 spiro atoms. The smallest absolute Gasteiger partial charge is 0.261 e. The number of ether oxygens (including phenoxy) is 1. The molecular formula is C25H26N4O3.